The molecule has 1 aliphatic rings. The zero-order valence-electron chi connectivity index (χ0n) is 9.93. The highest BCUT2D eigenvalue weighted by Gasteiger charge is 2.24. The van der Waals surface area contributed by atoms with Crippen molar-refractivity contribution in [2.24, 2.45) is 4.99 Å². The number of para-hydroxylation sites is 1. The monoisotopic (exact) mass is 221 g/mol. The Morgan fingerprint density at radius 3 is 2.47 bits per heavy atom. The van der Waals surface area contributed by atoms with Crippen LogP contribution in [0.5, 0.6) is 0 Å². The molecule has 0 radical (unpaired) electrons. The third-order valence-electron chi connectivity index (χ3n) is 3.42. The van der Waals surface area contributed by atoms with E-state index < -0.39 is 0 Å². The van der Waals surface area contributed by atoms with E-state index in [0.717, 1.165) is 11.9 Å². The summed E-state index contributed by atoms with van der Waals surface area (Å²) in [5.41, 5.74) is 1.36. The molecule has 0 bridgehead atoms. The van der Waals surface area contributed by atoms with Crippen LogP contribution in [0.25, 0.3) is 6.08 Å². The minimum absolute atomic E-state index is 0.0234. The van der Waals surface area contributed by atoms with Gasteiger partial charge in [-0.1, -0.05) is 61.5 Å². The van der Waals surface area contributed by atoms with Gasteiger partial charge in [0.05, 0.1) is 11.9 Å². The van der Waals surface area contributed by atoms with Gasteiger partial charge in [0, 0.05) is 5.41 Å². The van der Waals surface area contributed by atoms with Crippen LogP contribution in [0.15, 0.2) is 59.6 Å². The van der Waals surface area contributed by atoms with E-state index in [-0.39, 0.29) is 5.41 Å². The lowest BCUT2D eigenvalue weighted by Gasteiger charge is -2.26. The van der Waals surface area contributed by atoms with E-state index in [1.807, 2.05) is 6.07 Å². The molecule has 1 unspecified atom stereocenters. The minimum Gasteiger partial charge on any atom is -0.283 e. The second-order valence-electron chi connectivity index (χ2n) is 4.80. The van der Waals surface area contributed by atoms with E-state index in [1.54, 1.807) is 0 Å². The van der Waals surface area contributed by atoms with Crippen LogP contribution in [-0.2, 0) is 5.41 Å². The predicted octanol–water partition coefficient (Wildman–Crippen LogP) is 2.06. The lowest BCUT2D eigenvalue weighted by Crippen LogP contribution is -2.37. The molecular weight excluding hydrogens is 206 g/mol. The first-order valence-electron chi connectivity index (χ1n) is 5.96. The summed E-state index contributed by atoms with van der Waals surface area (Å²) in [6.45, 7) is 3.08. The molecule has 0 saturated carbocycles. The molecule has 0 fully saturated rings. The first-order valence-corrected chi connectivity index (χ1v) is 5.96. The first-order chi connectivity index (χ1) is 8.28. The van der Waals surface area contributed by atoms with Gasteiger partial charge in [0.1, 0.15) is 0 Å². The zero-order valence-corrected chi connectivity index (χ0v) is 9.93. The Hall–Kier alpha value is -1.89. The van der Waals surface area contributed by atoms with E-state index >= 15 is 0 Å². The number of hydrogen-bond donors (Lipinski definition) is 0. The molecular formula is C16H15N. The largest absolute Gasteiger partial charge is 0.283 e. The molecule has 1 nitrogen and oxygen atoms in total. The lowest BCUT2D eigenvalue weighted by atomic mass is 9.80. The molecule has 3 rings (SSSR count). The van der Waals surface area contributed by atoms with Crippen molar-refractivity contribution in [3.05, 3.63) is 70.7 Å². The summed E-state index contributed by atoms with van der Waals surface area (Å²) in [7, 11) is 0. The Morgan fingerprint density at radius 2 is 1.65 bits per heavy atom. The van der Waals surface area contributed by atoms with E-state index in [2.05, 4.69) is 61.5 Å². The SMILES string of the molecule is CC1(c2ccccc2)C=c2ccccc2=NC1. The molecule has 0 aromatic heterocycles. The normalized spacial score (nSPS) is 22.2. The Labute approximate surface area is 101 Å². The summed E-state index contributed by atoms with van der Waals surface area (Å²) in [5.74, 6) is 0. The molecule has 1 atom stereocenters. The summed E-state index contributed by atoms with van der Waals surface area (Å²) in [5, 5.41) is 2.35. The second-order valence-corrected chi connectivity index (χ2v) is 4.80. The van der Waals surface area contributed by atoms with Crippen molar-refractivity contribution in [1.82, 2.24) is 0 Å². The highest BCUT2D eigenvalue weighted by atomic mass is 14.7. The van der Waals surface area contributed by atoms with E-state index in [4.69, 9.17) is 4.99 Å². The summed E-state index contributed by atoms with van der Waals surface area (Å²) in [4.78, 5) is 4.69. The van der Waals surface area contributed by atoms with Gasteiger partial charge in [0.2, 0.25) is 0 Å². The van der Waals surface area contributed by atoms with Crippen LogP contribution in [0.2, 0.25) is 0 Å². The summed E-state index contributed by atoms with van der Waals surface area (Å²) in [6, 6.07) is 18.9. The number of fused-ring (bicyclic) bond motifs is 1. The van der Waals surface area contributed by atoms with Gasteiger partial charge in [-0.2, -0.15) is 0 Å². The maximum absolute atomic E-state index is 4.69. The average molecular weight is 221 g/mol. The van der Waals surface area contributed by atoms with E-state index in [1.165, 1.54) is 10.8 Å². The predicted molar refractivity (Wildman–Crippen MR) is 70.3 cm³/mol. The van der Waals surface area contributed by atoms with Gasteiger partial charge >= 0.3 is 0 Å². The number of hydrogen-bond acceptors (Lipinski definition) is 1. The highest BCUT2D eigenvalue weighted by Crippen LogP contribution is 2.26. The molecule has 2 aromatic rings. The van der Waals surface area contributed by atoms with Gasteiger partial charge < -0.3 is 0 Å². The summed E-state index contributed by atoms with van der Waals surface area (Å²) >= 11 is 0. The average Bonchev–Trinajstić information content (AvgIpc) is 2.40. The van der Waals surface area contributed by atoms with Gasteiger partial charge in [-0.25, -0.2) is 0 Å². The molecule has 0 aliphatic carbocycles. The van der Waals surface area contributed by atoms with Gasteiger partial charge in [0.25, 0.3) is 0 Å². The van der Waals surface area contributed by atoms with E-state index in [9.17, 15) is 0 Å². The molecule has 0 amide bonds. The van der Waals surface area contributed by atoms with Gasteiger partial charge in [-0.15, -0.1) is 0 Å². The summed E-state index contributed by atoms with van der Waals surface area (Å²) < 4.78 is 0. The molecule has 1 aliphatic heterocycles. The van der Waals surface area contributed by atoms with Crippen LogP contribution in [0.3, 0.4) is 0 Å². The van der Waals surface area contributed by atoms with Crippen molar-refractivity contribution in [1.29, 1.82) is 0 Å². The van der Waals surface area contributed by atoms with Gasteiger partial charge in [-0.3, -0.25) is 4.99 Å². The molecule has 1 heterocycles. The standard InChI is InChI=1S/C16H15N/c1-16(14-8-3-2-4-9-14)11-13-7-5-6-10-15(13)17-12-16/h2-11H,12H2,1H3. The summed E-state index contributed by atoms with van der Waals surface area (Å²) in [6.07, 6.45) is 2.34. The maximum atomic E-state index is 4.69. The Bertz CT molecular complexity index is 643. The van der Waals surface area contributed by atoms with Crippen molar-refractivity contribution >= 4 is 6.08 Å². The lowest BCUT2D eigenvalue weighted by molar-refractivity contribution is 0.625. The fourth-order valence-electron chi connectivity index (χ4n) is 2.39. The quantitative estimate of drug-likeness (QED) is 0.699. The Balaban J connectivity index is 2.17. The van der Waals surface area contributed by atoms with Crippen LogP contribution in [0.4, 0.5) is 0 Å². The molecule has 1 heteroatoms. The van der Waals surface area contributed by atoms with Crippen molar-refractivity contribution in [3.8, 4) is 0 Å². The first kappa shape index (κ1) is 10.3. The Kier molecular flexibility index (Phi) is 2.32. The van der Waals surface area contributed by atoms with Crippen molar-refractivity contribution in [2.45, 2.75) is 12.3 Å². The Morgan fingerprint density at radius 1 is 0.941 bits per heavy atom. The molecule has 84 valence electrons. The van der Waals surface area contributed by atoms with Crippen molar-refractivity contribution in [2.75, 3.05) is 6.54 Å². The number of benzene rings is 2. The second kappa shape index (κ2) is 3.85. The third-order valence-corrected chi connectivity index (χ3v) is 3.42. The molecule has 0 spiro atoms. The van der Waals surface area contributed by atoms with Crippen LogP contribution >= 0.6 is 0 Å². The van der Waals surface area contributed by atoms with Crippen LogP contribution in [0, 0.1) is 0 Å². The number of nitrogens with zero attached hydrogens (tertiary/aromatic N) is 1. The molecule has 0 saturated heterocycles. The fourth-order valence-corrected chi connectivity index (χ4v) is 2.39. The van der Waals surface area contributed by atoms with Crippen LogP contribution in [-0.4, -0.2) is 6.54 Å². The number of rotatable bonds is 1. The molecule has 2 aromatic carbocycles. The minimum atomic E-state index is 0.0234. The smallest absolute Gasteiger partial charge is 0.0644 e. The zero-order chi connectivity index (χ0) is 11.7. The fraction of sp³-hybridized carbons (Fsp3) is 0.188. The maximum Gasteiger partial charge on any atom is 0.0644 e. The van der Waals surface area contributed by atoms with E-state index in [0.29, 0.717) is 0 Å². The van der Waals surface area contributed by atoms with Crippen molar-refractivity contribution in [3.63, 3.8) is 0 Å². The topological polar surface area (TPSA) is 12.4 Å². The molecule has 0 N–H and O–H groups in total. The van der Waals surface area contributed by atoms with Crippen LogP contribution < -0.4 is 10.6 Å². The van der Waals surface area contributed by atoms with Gasteiger partial charge in [-0.05, 0) is 16.8 Å². The molecule has 17 heavy (non-hydrogen) atoms. The van der Waals surface area contributed by atoms with Crippen molar-refractivity contribution < 1.29 is 0 Å². The van der Waals surface area contributed by atoms with Crippen LogP contribution in [0.1, 0.15) is 12.5 Å². The third kappa shape index (κ3) is 1.78. The van der Waals surface area contributed by atoms with Gasteiger partial charge in [0.15, 0.2) is 0 Å². The highest BCUT2D eigenvalue weighted by molar-refractivity contribution is 5.47.